The lowest BCUT2D eigenvalue weighted by molar-refractivity contribution is 0.660. The first-order chi connectivity index (χ1) is 34.9. The van der Waals surface area contributed by atoms with E-state index in [0.29, 0.717) is 0 Å². The highest BCUT2D eigenvalue weighted by atomic mass is 15.2. The number of nitrogens with zero attached hydrogens (tertiary/aromatic N) is 2. The zero-order chi connectivity index (χ0) is 49.5. The highest BCUT2D eigenvalue weighted by molar-refractivity contribution is 5.95. The fourth-order valence-corrected chi connectivity index (χ4v) is 12.5. The van der Waals surface area contributed by atoms with Gasteiger partial charge in [0.25, 0.3) is 0 Å². The van der Waals surface area contributed by atoms with Gasteiger partial charge in [0.1, 0.15) is 0 Å². The summed E-state index contributed by atoms with van der Waals surface area (Å²) in [5, 5.41) is 0. The number of hydrogen-bond donors (Lipinski definition) is 0. The summed E-state index contributed by atoms with van der Waals surface area (Å²) in [6, 6.07) is 81.2. The predicted octanol–water partition coefficient (Wildman–Crippen LogP) is 19.5. The van der Waals surface area contributed by atoms with E-state index < -0.39 is 0 Å². The maximum absolute atomic E-state index is 2.52. The SMILES string of the molecule is Cc1cc(-c2cc(C)c(N(c3ccc4c(c3)C(C)(C)c3ccccc3-4)c3ccccc3-c3ccccc3)c(C)c2)cc(C)c1N(c1ccc2c(c1)C(C)(C)c1ccccc1-2)c1ccccc1-c1ccccc1. The van der Waals surface area contributed by atoms with Crippen molar-refractivity contribution in [2.75, 3.05) is 9.80 Å². The number of rotatable bonds is 9. The van der Waals surface area contributed by atoms with Gasteiger partial charge in [0.05, 0.1) is 22.7 Å². The molecule has 0 aromatic heterocycles. The van der Waals surface area contributed by atoms with Crippen molar-refractivity contribution in [1.82, 2.24) is 0 Å². The van der Waals surface area contributed by atoms with E-state index >= 15 is 0 Å². The third-order valence-electron chi connectivity index (χ3n) is 15.9. The van der Waals surface area contributed by atoms with E-state index in [0.717, 1.165) is 22.7 Å². The van der Waals surface area contributed by atoms with Crippen LogP contribution >= 0.6 is 0 Å². The summed E-state index contributed by atoms with van der Waals surface area (Å²) in [5.74, 6) is 0. The van der Waals surface area contributed by atoms with E-state index in [9.17, 15) is 0 Å². The molecular weight excluding hydrogens is 869 g/mol. The first-order valence-corrected chi connectivity index (χ1v) is 25.5. The van der Waals surface area contributed by atoms with Gasteiger partial charge in [-0.05, 0) is 177 Å². The molecule has 0 unspecified atom stereocenters. The smallest absolute Gasteiger partial charge is 0.0540 e. The first-order valence-electron chi connectivity index (χ1n) is 25.5. The number of anilines is 6. The van der Waals surface area contributed by atoms with Gasteiger partial charge in [-0.2, -0.15) is 0 Å². The van der Waals surface area contributed by atoms with Crippen LogP contribution in [0, 0.1) is 27.7 Å². The average molecular weight is 929 g/mol. The number of fused-ring (bicyclic) bond motifs is 6. The summed E-state index contributed by atoms with van der Waals surface area (Å²) in [6.07, 6.45) is 0. The van der Waals surface area contributed by atoms with Crippen molar-refractivity contribution >= 4 is 34.1 Å². The molecule has 2 aliphatic rings. The van der Waals surface area contributed by atoms with Gasteiger partial charge in [-0.15, -0.1) is 0 Å². The lowest BCUT2D eigenvalue weighted by Crippen LogP contribution is -2.18. The quantitative estimate of drug-likeness (QED) is 0.142. The minimum absolute atomic E-state index is 0.134. The van der Waals surface area contributed by atoms with E-state index in [2.05, 4.69) is 284 Å². The molecule has 0 amide bonds. The monoisotopic (exact) mass is 928 g/mol. The van der Waals surface area contributed by atoms with Crippen LogP contribution in [0.2, 0.25) is 0 Å². The van der Waals surface area contributed by atoms with Gasteiger partial charge in [-0.3, -0.25) is 0 Å². The molecule has 2 aliphatic carbocycles. The Labute approximate surface area is 426 Å². The molecule has 0 N–H and O–H groups in total. The molecule has 2 nitrogen and oxygen atoms in total. The Kier molecular flexibility index (Phi) is 10.8. The summed E-state index contributed by atoms with van der Waals surface area (Å²) in [6.45, 7) is 18.7. The zero-order valence-electron chi connectivity index (χ0n) is 42.7. The Morgan fingerprint density at radius 1 is 0.264 bits per heavy atom. The molecular formula is C70H60N2. The van der Waals surface area contributed by atoms with E-state index in [1.807, 2.05) is 0 Å². The molecule has 0 bridgehead atoms. The Balaban J connectivity index is 1.000. The van der Waals surface area contributed by atoms with Crippen LogP contribution in [0.5, 0.6) is 0 Å². The van der Waals surface area contributed by atoms with Crippen LogP contribution in [0.25, 0.3) is 55.6 Å². The zero-order valence-corrected chi connectivity index (χ0v) is 42.7. The van der Waals surface area contributed by atoms with Crippen LogP contribution in [0.4, 0.5) is 34.1 Å². The van der Waals surface area contributed by atoms with E-state index in [4.69, 9.17) is 0 Å². The number of hydrogen-bond acceptors (Lipinski definition) is 2. The van der Waals surface area contributed by atoms with Gasteiger partial charge in [0, 0.05) is 33.3 Å². The van der Waals surface area contributed by atoms with Crippen molar-refractivity contribution < 1.29 is 0 Å². The second kappa shape index (κ2) is 17.3. The number of benzene rings is 10. The van der Waals surface area contributed by atoms with Crippen molar-refractivity contribution in [1.29, 1.82) is 0 Å². The third kappa shape index (κ3) is 7.23. The summed E-state index contributed by atoms with van der Waals surface area (Å²) in [7, 11) is 0. The molecule has 0 saturated carbocycles. The van der Waals surface area contributed by atoms with Crippen molar-refractivity contribution in [3.63, 3.8) is 0 Å². The normalized spacial score (nSPS) is 13.5. The molecule has 72 heavy (non-hydrogen) atoms. The summed E-state index contributed by atoms with van der Waals surface area (Å²) < 4.78 is 0. The van der Waals surface area contributed by atoms with Gasteiger partial charge in [0.2, 0.25) is 0 Å². The molecule has 0 aliphatic heterocycles. The molecule has 0 fully saturated rings. The molecule has 0 atom stereocenters. The van der Waals surface area contributed by atoms with Crippen molar-refractivity contribution in [3.05, 3.63) is 263 Å². The lowest BCUT2D eigenvalue weighted by atomic mass is 9.82. The average Bonchev–Trinajstić information content (AvgIpc) is 3.77. The van der Waals surface area contributed by atoms with Crippen LogP contribution in [-0.2, 0) is 10.8 Å². The maximum atomic E-state index is 2.52. The van der Waals surface area contributed by atoms with Crippen LogP contribution in [0.1, 0.15) is 72.2 Å². The summed E-state index contributed by atoms with van der Waals surface area (Å²) >= 11 is 0. The molecule has 0 radical (unpaired) electrons. The minimum Gasteiger partial charge on any atom is -0.309 e. The highest BCUT2D eigenvalue weighted by Crippen LogP contribution is 2.54. The lowest BCUT2D eigenvalue weighted by Gasteiger charge is -2.33. The minimum atomic E-state index is -0.134. The third-order valence-corrected chi connectivity index (χ3v) is 15.9. The highest BCUT2D eigenvalue weighted by Gasteiger charge is 2.38. The summed E-state index contributed by atoms with van der Waals surface area (Å²) in [4.78, 5) is 5.04. The van der Waals surface area contributed by atoms with Gasteiger partial charge in [-0.25, -0.2) is 0 Å². The maximum Gasteiger partial charge on any atom is 0.0540 e. The van der Waals surface area contributed by atoms with Gasteiger partial charge in [0.15, 0.2) is 0 Å². The standard InChI is InChI=1S/C70H60N2/c1-45-39-51(40-46(2)67(45)71(65-33-21-17-27-55(65)49-23-11-9-12-24-49)53-35-37-59-57-29-15-19-31-61(57)69(5,6)63(59)43-53)52-41-47(3)68(48(4)42-52)72(66-34-22-18-28-56(66)50-25-13-10-14-26-50)54-36-38-60-58-30-16-20-32-62(58)70(7,8)64(60)44-54/h9-44H,1-8H3. The second-order valence-corrected chi connectivity index (χ2v) is 21.2. The molecule has 0 saturated heterocycles. The van der Waals surface area contributed by atoms with E-state index in [1.165, 1.54) is 112 Å². The fourth-order valence-electron chi connectivity index (χ4n) is 12.5. The Morgan fingerprint density at radius 2 is 0.569 bits per heavy atom. The first kappa shape index (κ1) is 45.0. The molecule has 0 heterocycles. The van der Waals surface area contributed by atoms with Gasteiger partial charge in [-0.1, -0.05) is 185 Å². The Bertz CT molecular complexity index is 3450. The van der Waals surface area contributed by atoms with Crippen LogP contribution in [-0.4, -0.2) is 0 Å². The van der Waals surface area contributed by atoms with E-state index in [-0.39, 0.29) is 10.8 Å². The number of para-hydroxylation sites is 2. The van der Waals surface area contributed by atoms with Crippen molar-refractivity contribution in [2.24, 2.45) is 0 Å². The van der Waals surface area contributed by atoms with Crippen LogP contribution in [0.3, 0.4) is 0 Å². The van der Waals surface area contributed by atoms with Crippen molar-refractivity contribution in [3.8, 4) is 55.6 Å². The Morgan fingerprint density at radius 3 is 0.944 bits per heavy atom. The predicted molar refractivity (Wildman–Crippen MR) is 306 cm³/mol. The Hall–Kier alpha value is -8.20. The molecule has 12 rings (SSSR count). The second-order valence-electron chi connectivity index (χ2n) is 21.2. The van der Waals surface area contributed by atoms with Gasteiger partial charge < -0.3 is 9.80 Å². The molecule has 10 aromatic carbocycles. The largest absolute Gasteiger partial charge is 0.309 e. The van der Waals surface area contributed by atoms with E-state index in [1.54, 1.807) is 0 Å². The molecule has 2 heteroatoms. The topological polar surface area (TPSA) is 6.48 Å². The van der Waals surface area contributed by atoms with Crippen LogP contribution < -0.4 is 9.80 Å². The fraction of sp³-hybridized carbons (Fsp3) is 0.143. The molecule has 10 aromatic rings. The van der Waals surface area contributed by atoms with Crippen LogP contribution in [0.15, 0.2) is 218 Å². The molecule has 350 valence electrons. The van der Waals surface area contributed by atoms with Crippen molar-refractivity contribution in [2.45, 2.75) is 66.2 Å². The van der Waals surface area contributed by atoms with Gasteiger partial charge >= 0.3 is 0 Å². The molecule has 0 spiro atoms. The number of aryl methyl sites for hydroxylation is 4. The summed E-state index contributed by atoms with van der Waals surface area (Å²) in [5.41, 5.74) is 29.6.